The number of nitrogens with one attached hydrogen (secondary N) is 2. The van der Waals surface area contributed by atoms with Crippen LogP contribution in [-0.4, -0.2) is 19.2 Å². The number of ether oxygens (including phenoxy) is 1. The maximum Gasteiger partial charge on any atom is 0.319 e. The molecular formula is C18H20ClFN2O2. The minimum absolute atomic E-state index is 0.199. The van der Waals surface area contributed by atoms with Crippen molar-refractivity contribution < 1.29 is 13.9 Å². The Bertz CT molecular complexity index is 690. The Morgan fingerprint density at radius 2 is 1.92 bits per heavy atom. The molecule has 0 heterocycles. The Kier molecular flexibility index (Phi) is 6.44. The zero-order valence-corrected chi connectivity index (χ0v) is 14.4. The van der Waals surface area contributed by atoms with Crippen LogP contribution in [-0.2, 0) is 0 Å². The third-order valence-electron chi connectivity index (χ3n) is 3.37. The summed E-state index contributed by atoms with van der Waals surface area (Å²) in [5.41, 5.74) is 1.94. The molecule has 24 heavy (non-hydrogen) atoms. The third-order valence-corrected chi connectivity index (χ3v) is 3.67. The lowest BCUT2D eigenvalue weighted by molar-refractivity contribution is 0.247. The zero-order valence-electron chi connectivity index (χ0n) is 13.6. The fraction of sp³-hybridized carbons (Fsp3) is 0.278. The minimum Gasteiger partial charge on any atom is -0.490 e. The summed E-state index contributed by atoms with van der Waals surface area (Å²) in [5.74, 6) is 0.404. The third kappa shape index (κ3) is 5.42. The van der Waals surface area contributed by atoms with Gasteiger partial charge in [-0.05, 0) is 41.8 Å². The van der Waals surface area contributed by atoms with Gasteiger partial charge in [-0.25, -0.2) is 9.18 Å². The van der Waals surface area contributed by atoms with Crippen molar-refractivity contribution in [2.24, 2.45) is 0 Å². The largest absolute Gasteiger partial charge is 0.490 e. The van der Waals surface area contributed by atoms with Gasteiger partial charge in [0.25, 0.3) is 0 Å². The Morgan fingerprint density at radius 3 is 2.54 bits per heavy atom. The summed E-state index contributed by atoms with van der Waals surface area (Å²) in [6, 6.07) is 11.3. The van der Waals surface area contributed by atoms with Crippen LogP contribution in [0.1, 0.15) is 25.3 Å². The number of benzene rings is 2. The molecular weight excluding hydrogens is 331 g/mol. The van der Waals surface area contributed by atoms with Gasteiger partial charge in [0, 0.05) is 5.69 Å². The molecule has 2 N–H and O–H groups in total. The van der Waals surface area contributed by atoms with E-state index in [1.54, 1.807) is 0 Å². The van der Waals surface area contributed by atoms with Crippen molar-refractivity contribution in [2.75, 3.05) is 18.5 Å². The first-order valence-electron chi connectivity index (χ1n) is 7.68. The molecule has 0 aliphatic rings. The Balaban J connectivity index is 1.73. The summed E-state index contributed by atoms with van der Waals surface area (Å²) >= 11 is 5.85. The topological polar surface area (TPSA) is 50.4 Å². The fourth-order valence-electron chi connectivity index (χ4n) is 2.04. The molecule has 0 unspecified atom stereocenters. The van der Waals surface area contributed by atoms with E-state index in [4.69, 9.17) is 16.3 Å². The molecule has 2 aromatic carbocycles. The highest BCUT2D eigenvalue weighted by Gasteiger charge is 2.05. The number of carbonyl (C=O) groups excluding carboxylic acids is 1. The van der Waals surface area contributed by atoms with Gasteiger partial charge in [-0.3, -0.25) is 0 Å². The summed E-state index contributed by atoms with van der Waals surface area (Å²) in [7, 11) is 0. The van der Waals surface area contributed by atoms with E-state index in [1.165, 1.54) is 23.8 Å². The molecule has 2 rings (SSSR count). The zero-order chi connectivity index (χ0) is 17.5. The van der Waals surface area contributed by atoms with Crippen LogP contribution in [0.25, 0.3) is 0 Å². The van der Waals surface area contributed by atoms with Gasteiger partial charge in [0.05, 0.1) is 11.6 Å². The van der Waals surface area contributed by atoms with Gasteiger partial charge >= 0.3 is 6.03 Å². The summed E-state index contributed by atoms with van der Waals surface area (Å²) in [5, 5.41) is 5.62. The number of amides is 2. The van der Waals surface area contributed by atoms with E-state index in [0.29, 0.717) is 18.2 Å². The van der Waals surface area contributed by atoms with E-state index in [-0.39, 0.29) is 17.7 Å². The van der Waals surface area contributed by atoms with Gasteiger partial charge in [-0.2, -0.15) is 0 Å². The van der Waals surface area contributed by atoms with Crippen molar-refractivity contribution in [3.63, 3.8) is 0 Å². The van der Waals surface area contributed by atoms with E-state index >= 15 is 0 Å². The number of rotatable bonds is 6. The summed E-state index contributed by atoms with van der Waals surface area (Å²) in [6.45, 7) is 4.75. The molecule has 0 saturated heterocycles. The number of halogens is 2. The van der Waals surface area contributed by atoms with Crippen molar-refractivity contribution in [3.05, 3.63) is 58.9 Å². The van der Waals surface area contributed by atoms with Crippen LogP contribution in [0.15, 0.2) is 42.5 Å². The number of urea groups is 1. The monoisotopic (exact) mass is 350 g/mol. The molecule has 2 amide bonds. The summed E-state index contributed by atoms with van der Waals surface area (Å²) in [4.78, 5) is 11.8. The molecule has 0 bridgehead atoms. The van der Waals surface area contributed by atoms with Gasteiger partial charge in [-0.1, -0.05) is 37.6 Å². The predicted octanol–water partition coefficient (Wildman–Crippen LogP) is 4.80. The average Bonchev–Trinajstić information content (AvgIpc) is 2.53. The lowest BCUT2D eigenvalue weighted by Gasteiger charge is -2.11. The van der Waals surface area contributed by atoms with E-state index in [9.17, 15) is 9.18 Å². The van der Waals surface area contributed by atoms with Gasteiger partial charge < -0.3 is 15.4 Å². The van der Waals surface area contributed by atoms with Crippen LogP contribution in [0.3, 0.4) is 0 Å². The first-order chi connectivity index (χ1) is 11.5. The second kappa shape index (κ2) is 8.55. The van der Waals surface area contributed by atoms with Crippen LogP contribution in [0.2, 0.25) is 5.02 Å². The highest BCUT2D eigenvalue weighted by Crippen LogP contribution is 2.24. The van der Waals surface area contributed by atoms with Crippen LogP contribution < -0.4 is 15.4 Å². The fourth-order valence-corrected chi connectivity index (χ4v) is 2.27. The predicted molar refractivity (Wildman–Crippen MR) is 94.5 cm³/mol. The Morgan fingerprint density at radius 1 is 1.21 bits per heavy atom. The lowest BCUT2D eigenvalue weighted by Crippen LogP contribution is -2.32. The smallest absolute Gasteiger partial charge is 0.319 e. The molecule has 6 heteroatoms. The van der Waals surface area contributed by atoms with Gasteiger partial charge in [0.1, 0.15) is 18.2 Å². The van der Waals surface area contributed by atoms with E-state index in [0.717, 1.165) is 5.69 Å². The SMILES string of the molecule is CC(C)c1ccc(NC(=O)NCCOc2ccc(F)cc2Cl)cc1. The van der Waals surface area contributed by atoms with Crippen LogP contribution >= 0.6 is 11.6 Å². The Labute approximate surface area is 146 Å². The molecule has 128 valence electrons. The first-order valence-corrected chi connectivity index (χ1v) is 8.06. The molecule has 0 aliphatic carbocycles. The maximum atomic E-state index is 12.9. The number of hydrogen-bond acceptors (Lipinski definition) is 2. The molecule has 0 aliphatic heterocycles. The minimum atomic E-state index is -0.423. The quantitative estimate of drug-likeness (QED) is 0.735. The van der Waals surface area contributed by atoms with Crippen molar-refractivity contribution >= 4 is 23.3 Å². The standard InChI is InChI=1S/C18H20ClFN2O2/c1-12(2)13-3-6-15(7-4-13)22-18(23)21-9-10-24-17-8-5-14(20)11-16(17)19/h3-8,11-12H,9-10H2,1-2H3,(H2,21,22,23). The maximum absolute atomic E-state index is 12.9. The highest BCUT2D eigenvalue weighted by atomic mass is 35.5. The molecule has 0 radical (unpaired) electrons. The summed E-state index contributed by atoms with van der Waals surface area (Å²) in [6.07, 6.45) is 0. The normalized spacial score (nSPS) is 10.5. The van der Waals surface area contributed by atoms with Crippen LogP contribution in [0.5, 0.6) is 5.75 Å². The van der Waals surface area contributed by atoms with Gasteiger partial charge in [0.15, 0.2) is 0 Å². The number of hydrogen-bond donors (Lipinski definition) is 2. The van der Waals surface area contributed by atoms with Crippen molar-refractivity contribution in [1.29, 1.82) is 0 Å². The lowest BCUT2D eigenvalue weighted by atomic mass is 10.0. The Hall–Kier alpha value is -2.27. The molecule has 2 aromatic rings. The average molecular weight is 351 g/mol. The summed E-state index contributed by atoms with van der Waals surface area (Å²) < 4.78 is 18.3. The molecule has 0 spiro atoms. The molecule has 0 atom stereocenters. The van der Waals surface area contributed by atoms with Crippen LogP contribution in [0.4, 0.5) is 14.9 Å². The highest BCUT2D eigenvalue weighted by molar-refractivity contribution is 6.32. The first kappa shape index (κ1) is 18.1. The van der Waals surface area contributed by atoms with Crippen molar-refractivity contribution in [2.45, 2.75) is 19.8 Å². The second-order valence-electron chi connectivity index (χ2n) is 5.58. The van der Waals surface area contributed by atoms with E-state index in [1.807, 2.05) is 24.3 Å². The number of anilines is 1. The van der Waals surface area contributed by atoms with Crippen LogP contribution in [0, 0.1) is 5.82 Å². The van der Waals surface area contributed by atoms with Gasteiger partial charge in [0.2, 0.25) is 0 Å². The van der Waals surface area contributed by atoms with E-state index in [2.05, 4.69) is 24.5 Å². The van der Waals surface area contributed by atoms with E-state index < -0.39 is 5.82 Å². The van der Waals surface area contributed by atoms with Gasteiger partial charge in [-0.15, -0.1) is 0 Å². The molecule has 4 nitrogen and oxygen atoms in total. The van der Waals surface area contributed by atoms with Crippen molar-refractivity contribution in [1.82, 2.24) is 5.32 Å². The molecule has 0 aromatic heterocycles. The van der Waals surface area contributed by atoms with Crippen molar-refractivity contribution in [3.8, 4) is 5.75 Å². The molecule has 0 saturated carbocycles. The molecule has 0 fully saturated rings. The second-order valence-corrected chi connectivity index (χ2v) is 5.99. The number of carbonyl (C=O) groups is 1.